The average molecular weight is 319 g/mol. The fourth-order valence-corrected chi connectivity index (χ4v) is 2.95. The van der Waals surface area contributed by atoms with Gasteiger partial charge in [0.25, 0.3) is 0 Å². The zero-order chi connectivity index (χ0) is 16.4. The van der Waals surface area contributed by atoms with E-state index in [1.165, 1.54) is 0 Å². The number of hydrogen-bond donors (Lipinski definition) is 1. The summed E-state index contributed by atoms with van der Waals surface area (Å²) >= 11 is 0. The van der Waals surface area contributed by atoms with Gasteiger partial charge < -0.3 is 19.2 Å². The van der Waals surface area contributed by atoms with Crippen LogP contribution < -0.4 is 10.2 Å². The molecule has 0 bridgehead atoms. The number of aliphatic hydroxyl groups excluding tert-OH is 1. The van der Waals surface area contributed by atoms with Gasteiger partial charge in [0, 0.05) is 19.6 Å². The molecule has 0 saturated carbocycles. The lowest BCUT2D eigenvalue weighted by Gasteiger charge is -2.21. The zero-order valence-corrected chi connectivity index (χ0v) is 14.2. The van der Waals surface area contributed by atoms with Gasteiger partial charge in [-0.25, -0.2) is 0 Å². The van der Waals surface area contributed by atoms with Gasteiger partial charge in [-0.1, -0.05) is 12.1 Å². The first-order chi connectivity index (χ1) is 10.9. The first-order valence-corrected chi connectivity index (χ1v) is 8.40. The Morgan fingerprint density at radius 2 is 2.26 bits per heavy atom. The Kier molecular flexibility index (Phi) is 4.97. The van der Waals surface area contributed by atoms with Crippen molar-refractivity contribution in [2.75, 3.05) is 26.2 Å². The minimum Gasteiger partial charge on any atom is -0.492 e. The Bertz CT molecular complexity index is 539. The van der Waals surface area contributed by atoms with Crippen LogP contribution >= 0.6 is 0 Å². The van der Waals surface area contributed by atoms with Crippen LogP contribution in [0.2, 0.25) is 0 Å². The van der Waals surface area contributed by atoms with Crippen LogP contribution in [0.5, 0.6) is 5.75 Å². The molecule has 1 unspecified atom stereocenters. The lowest BCUT2D eigenvalue weighted by molar-refractivity contribution is 0.0842. The molecule has 0 amide bonds. The standard InChI is InChI=1S/C17H26BNO4/c1-13-17(2,3)23-18(22-13)14-5-4-6-16(11-14)21-10-9-19-8-7-15(20)12-19/h4-6,11,13,15,20H,7-10,12H2,1-3H3/t13?,15-/m0/s1. The van der Waals surface area contributed by atoms with Gasteiger partial charge in [0.15, 0.2) is 0 Å². The third kappa shape index (κ3) is 4.07. The molecule has 2 fully saturated rings. The van der Waals surface area contributed by atoms with Crippen molar-refractivity contribution in [3.8, 4) is 5.75 Å². The molecule has 1 aromatic rings. The van der Waals surface area contributed by atoms with Crippen molar-refractivity contribution in [3.63, 3.8) is 0 Å². The summed E-state index contributed by atoms with van der Waals surface area (Å²) in [6, 6.07) is 7.90. The number of likely N-dealkylation sites (tertiary alicyclic amines) is 1. The second kappa shape index (κ2) is 6.81. The van der Waals surface area contributed by atoms with Gasteiger partial charge in [-0.15, -0.1) is 0 Å². The van der Waals surface area contributed by atoms with Crippen LogP contribution in [0.25, 0.3) is 0 Å². The van der Waals surface area contributed by atoms with Crippen LogP contribution in [-0.4, -0.2) is 61.2 Å². The van der Waals surface area contributed by atoms with E-state index in [4.69, 9.17) is 14.0 Å². The second-order valence-corrected chi connectivity index (χ2v) is 7.00. The summed E-state index contributed by atoms with van der Waals surface area (Å²) in [7, 11) is -0.336. The highest BCUT2D eigenvalue weighted by Gasteiger charge is 2.43. The Balaban J connectivity index is 1.53. The minimum absolute atomic E-state index is 0.0543. The Hall–Kier alpha value is -1.08. The zero-order valence-electron chi connectivity index (χ0n) is 14.2. The van der Waals surface area contributed by atoms with E-state index >= 15 is 0 Å². The van der Waals surface area contributed by atoms with Gasteiger partial charge >= 0.3 is 7.12 Å². The SMILES string of the molecule is CC1OB(c2cccc(OCCN3CC[C@H](O)C3)c2)OC1(C)C. The molecule has 2 aliphatic rings. The van der Waals surface area contributed by atoms with Crippen LogP contribution in [0.1, 0.15) is 27.2 Å². The largest absolute Gasteiger partial charge is 0.494 e. The van der Waals surface area contributed by atoms with Crippen molar-refractivity contribution in [1.29, 1.82) is 0 Å². The van der Waals surface area contributed by atoms with Gasteiger partial charge in [-0.05, 0) is 44.8 Å². The van der Waals surface area contributed by atoms with E-state index in [1.54, 1.807) is 0 Å². The maximum absolute atomic E-state index is 9.53. The van der Waals surface area contributed by atoms with Crippen molar-refractivity contribution in [1.82, 2.24) is 4.90 Å². The van der Waals surface area contributed by atoms with Crippen LogP contribution in [0.15, 0.2) is 24.3 Å². The molecule has 6 heteroatoms. The summed E-state index contributed by atoms with van der Waals surface area (Å²) in [4.78, 5) is 2.22. The van der Waals surface area contributed by atoms with Gasteiger partial charge in [-0.3, -0.25) is 4.90 Å². The molecule has 2 saturated heterocycles. The topological polar surface area (TPSA) is 51.2 Å². The van der Waals surface area contributed by atoms with E-state index in [2.05, 4.69) is 4.90 Å². The van der Waals surface area contributed by atoms with Crippen molar-refractivity contribution in [2.24, 2.45) is 0 Å². The maximum Gasteiger partial charge on any atom is 0.494 e. The normalized spacial score (nSPS) is 27.6. The van der Waals surface area contributed by atoms with E-state index < -0.39 is 0 Å². The van der Waals surface area contributed by atoms with Crippen LogP contribution in [0.3, 0.4) is 0 Å². The number of ether oxygens (including phenoxy) is 1. The molecule has 5 nitrogen and oxygen atoms in total. The van der Waals surface area contributed by atoms with Crippen molar-refractivity contribution in [2.45, 2.75) is 45.0 Å². The molecule has 2 heterocycles. The van der Waals surface area contributed by atoms with Crippen LogP contribution in [0.4, 0.5) is 0 Å². The summed E-state index contributed by atoms with van der Waals surface area (Å²) < 4.78 is 17.7. The number of hydrogen-bond acceptors (Lipinski definition) is 5. The molecule has 0 spiro atoms. The molecule has 2 aliphatic heterocycles. The van der Waals surface area contributed by atoms with Crippen molar-refractivity contribution in [3.05, 3.63) is 24.3 Å². The molecule has 126 valence electrons. The quantitative estimate of drug-likeness (QED) is 0.822. The van der Waals surface area contributed by atoms with E-state index in [-0.39, 0.29) is 24.9 Å². The highest BCUT2D eigenvalue weighted by Crippen LogP contribution is 2.27. The number of benzene rings is 1. The predicted molar refractivity (Wildman–Crippen MR) is 90.1 cm³/mol. The Morgan fingerprint density at radius 1 is 1.43 bits per heavy atom. The molecule has 0 radical (unpaired) electrons. The smallest absolute Gasteiger partial charge is 0.492 e. The fourth-order valence-electron chi connectivity index (χ4n) is 2.95. The molecule has 0 aliphatic carbocycles. The summed E-state index contributed by atoms with van der Waals surface area (Å²) in [6.07, 6.45) is 0.735. The molecule has 2 atom stereocenters. The van der Waals surface area contributed by atoms with Crippen molar-refractivity contribution >= 4 is 12.6 Å². The molecule has 0 aromatic heterocycles. The summed E-state index contributed by atoms with van der Waals surface area (Å²) in [5.74, 6) is 0.826. The van der Waals surface area contributed by atoms with Gasteiger partial charge in [0.1, 0.15) is 12.4 Å². The van der Waals surface area contributed by atoms with Gasteiger partial charge in [0.05, 0.1) is 17.8 Å². The average Bonchev–Trinajstić information content (AvgIpc) is 3.03. The molecule has 1 aromatic carbocycles. The third-order valence-electron chi connectivity index (χ3n) is 4.77. The number of nitrogens with zero attached hydrogens (tertiary/aromatic N) is 1. The summed E-state index contributed by atoms with van der Waals surface area (Å²) in [5, 5.41) is 9.53. The minimum atomic E-state index is -0.336. The molecule has 1 N–H and O–H groups in total. The fraction of sp³-hybridized carbons (Fsp3) is 0.647. The van der Waals surface area contributed by atoms with E-state index in [9.17, 15) is 5.11 Å². The Morgan fingerprint density at radius 3 is 2.91 bits per heavy atom. The number of rotatable bonds is 5. The maximum atomic E-state index is 9.53. The highest BCUT2D eigenvalue weighted by molar-refractivity contribution is 6.62. The lowest BCUT2D eigenvalue weighted by Crippen LogP contribution is -2.34. The third-order valence-corrected chi connectivity index (χ3v) is 4.77. The number of aliphatic hydroxyl groups is 1. The van der Waals surface area contributed by atoms with E-state index in [1.807, 2.05) is 45.0 Å². The highest BCUT2D eigenvalue weighted by atomic mass is 16.7. The lowest BCUT2D eigenvalue weighted by atomic mass is 9.79. The molecular formula is C17H26BNO4. The van der Waals surface area contributed by atoms with Crippen LogP contribution in [-0.2, 0) is 9.31 Å². The van der Waals surface area contributed by atoms with E-state index in [0.717, 1.165) is 37.3 Å². The van der Waals surface area contributed by atoms with Gasteiger partial charge in [0.2, 0.25) is 0 Å². The Labute approximate surface area is 138 Å². The van der Waals surface area contributed by atoms with Crippen molar-refractivity contribution < 1.29 is 19.2 Å². The summed E-state index contributed by atoms with van der Waals surface area (Å²) in [6.45, 7) is 9.27. The molecular weight excluding hydrogens is 293 g/mol. The first-order valence-electron chi connectivity index (χ1n) is 8.40. The number of β-amino-alcohol motifs (C(OH)–C–C–N with tert-alkyl or cyclic N) is 1. The predicted octanol–water partition coefficient (Wildman–Crippen LogP) is 1.04. The second-order valence-electron chi connectivity index (χ2n) is 7.00. The monoisotopic (exact) mass is 319 g/mol. The first kappa shape index (κ1) is 16.8. The van der Waals surface area contributed by atoms with Crippen LogP contribution in [0, 0.1) is 0 Å². The van der Waals surface area contributed by atoms with Gasteiger partial charge in [-0.2, -0.15) is 0 Å². The molecule has 23 heavy (non-hydrogen) atoms. The molecule has 3 rings (SSSR count). The van der Waals surface area contributed by atoms with E-state index in [0.29, 0.717) is 6.61 Å². The summed E-state index contributed by atoms with van der Waals surface area (Å²) in [5.41, 5.74) is 0.703.